The summed E-state index contributed by atoms with van der Waals surface area (Å²) in [4.78, 5) is 18.9. The second kappa shape index (κ2) is 8.39. The summed E-state index contributed by atoms with van der Waals surface area (Å²) < 4.78 is 20.5. The van der Waals surface area contributed by atoms with Gasteiger partial charge >= 0.3 is 0 Å². The fourth-order valence-electron chi connectivity index (χ4n) is 3.13. The van der Waals surface area contributed by atoms with Gasteiger partial charge in [-0.2, -0.15) is 0 Å². The van der Waals surface area contributed by atoms with Crippen LogP contribution in [0.3, 0.4) is 0 Å². The number of hydrogen-bond acceptors (Lipinski definition) is 4. The van der Waals surface area contributed by atoms with Gasteiger partial charge in [0, 0.05) is 17.7 Å². The molecule has 2 heterocycles. The molecular formula is C21H18ClFN2O2S. The van der Waals surface area contributed by atoms with Crippen LogP contribution in [0.1, 0.15) is 18.4 Å². The summed E-state index contributed by atoms with van der Waals surface area (Å²) in [6.45, 7) is 1.07. The molecule has 3 aromatic rings. The number of rotatable bonds is 5. The summed E-state index contributed by atoms with van der Waals surface area (Å²) in [5.74, 6) is -0.633. The smallest absolute Gasteiger partial charge is 0.252 e. The standard InChI is InChI=1S/C21H18ClFN2O2S/c22-16-7-2-1-5-14(16)10-11-19(26)25(13-15-6-4-12-27-15)21-24-20-17(23)8-3-9-18(20)28-21/h1-3,5,7-11,15H,4,6,12-13H2/b11-10+. The molecule has 144 valence electrons. The van der Waals surface area contributed by atoms with E-state index >= 15 is 0 Å². The van der Waals surface area contributed by atoms with Crippen LogP contribution >= 0.6 is 22.9 Å². The van der Waals surface area contributed by atoms with E-state index in [9.17, 15) is 9.18 Å². The normalized spacial score (nSPS) is 16.9. The lowest BCUT2D eigenvalue weighted by atomic mass is 10.2. The van der Waals surface area contributed by atoms with Crippen molar-refractivity contribution < 1.29 is 13.9 Å². The van der Waals surface area contributed by atoms with Crippen LogP contribution in [0, 0.1) is 5.82 Å². The number of benzene rings is 2. The predicted molar refractivity (Wildman–Crippen MR) is 111 cm³/mol. The lowest BCUT2D eigenvalue weighted by Crippen LogP contribution is -2.36. The summed E-state index contributed by atoms with van der Waals surface area (Å²) in [6, 6.07) is 12.1. The summed E-state index contributed by atoms with van der Waals surface area (Å²) in [7, 11) is 0. The number of fused-ring (bicyclic) bond motifs is 1. The first-order valence-electron chi connectivity index (χ1n) is 9.02. The highest BCUT2D eigenvalue weighted by molar-refractivity contribution is 7.22. The topological polar surface area (TPSA) is 42.4 Å². The zero-order valence-corrected chi connectivity index (χ0v) is 16.5. The van der Waals surface area contributed by atoms with Crippen LogP contribution in [0.5, 0.6) is 0 Å². The number of para-hydroxylation sites is 1. The molecule has 0 aliphatic carbocycles. The third-order valence-electron chi connectivity index (χ3n) is 4.58. The van der Waals surface area contributed by atoms with E-state index in [2.05, 4.69) is 4.98 Å². The average molecular weight is 417 g/mol. The van der Waals surface area contributed by atoms with Gasteiger partial charge in [0.2, 0.25) is 0 Å². The van der Waals surface area contributed by atoms with Crippen molar-refractivity contribution >= 4 is 50.3 Å². The molecule has 1 aromatic heterocycles. The minimum atomic E-state index is -0.392. The number of carbonyl (C=O) groups is 1. The quantitative estimate of drug-likeness (QED) is 0.529. The van der Waals surface area contributed by atoms with E-state index in [1.807, 2.05) is 18.2 Å². The van der Waals surface area contributed by atoms with Crippen LogP contribution in [-0.2, 0) is 9.53 Å². The summed E-state index contributed by atoms with van der Waals surface area (Å²) in [6.07, 6.45) is 4.96. The van der Waals surface area contributed by atoms with Crippen molar-refractivity contribution in [3.05, 3.63) is 64.9 Å². The van der Waals surface area contributed by atoms with Crippen molar-refractivity contribution in [2.75, 3.05) is 18.1 Å². The molecule has 0 saturated carbocycles. The molecule has 0 N–H and O–H groups in total. The Bertz CT molecular complexity index is 1030. The maximum Gasteiger partial charge on any atom is 0.252 e. The molecule has 1 saturated heterocycles. The second-order valence-corrected chi connectivity index (χ2v) is 7.94. The summed E-state index contributed by atoms with van der Waals surface area (Å²) in [5.41, 5.74) is 1.03. The van der Waals surface area contributed by atoms with Gasteiger partial charge in [-0.1, -0.05) is 47.2 Å². The van der Waals surface area contributed by atoms with Crippen molar-refractivity contribution in [2.45, 2.75) is 18.9 Å². The Hall–Kier alpha value is -2.28. The molecule has 1 aliphatic rings. The van der Waals surface area contributed by atoms with Crippen molar-refractivity contribution in [1.29, 1.82) is 0 Å². The number of anilines is 1. The monoisotopic (exact) mass is 416 g/mol. The predicted octanol–water partition coefficient (Wildman–Crippen LogP) is 5.31. The Kier molecular flexibility index (Phi) is 5.71. The molecule has 2 aromatic carbocycles. The molecule has 7 heteroatoms. The van der Waals surface area contributed by atoms with Crippen molar-refractivity contribution in [1.82, 2.24) is 4.98 Å². The molecule has 1 amide bonds. The number of nitrogens with zero attached hydrogens (tertiary/aromatic N) is 2. The number of hydrogen-bond donors (Lipinski definition) is 0. The van der Waals surface area contributed by atoms with E-state index < -0.39 is 5.82 Å². The number of amides is 1. The lowest BCUT2D eigenvalue weighted by molar-refractivity contribution is -0.114. The number of thiazole rings is 1. The van der Waals surface area contributed by atoms with Crippen LogP contribution in [-0.4, -0.2) is 30.1 Å². The van der Waals surface area contributed by atoms with Crippen LogP contribution < -0.4 is 4.90 Å². The Morgan fingerprint density at radius 1 is 1.32 bits per heavy atom. The van der Waals surface area contributed by atoms with Crippen LogP contribution in [0.4, 0.5) is 9.52 Å². The number of carbonyl (C=O) groups excluding carboxylic acids is 1. The Balaban J connectivity index is 1.65. The van der Waals surface area contributed by atoms with E-state index in [-0.39, 0.29) is 17.5 Å². The molecule has 1 unspecified atom stereocenters. The first kappa shape index (κ1) is 19.1. The molecule has 1 atom stereocenters. The molecule has 4 nitrogen and oxygen atoms in total. The molecule has 0 bridgehead atoms. The van der Waals surface area contributed by atoms with Gasteiger partial charge in [0.05, 0.1) is 17.3 Å². The lowest BCUT2D eigenvalue weighted by Gasteiger charge is -2.21. The Morgan fingerprint density at radius 2 is 2.18 bits per heavy atom. The van der Waals surface area contributed by atoms with Crippen LogP contribution in [0.2, 0.25) is 5.02 Å². The van der Waals surface area contributed by atoms with Crippen molar-refractivity contribution in [3.63, 3.8) is 0 Å². The zero-order chi connectivity index (χ0) is 19.5. The van der Waals surface area contributed by atoms with Crippen LogP contribution in [0.15, 0.2) is 48.5 Å². The van der Waals surface area contributed by atoms with Crippen molar-refractivity contribution in [3.8, 4) is 0 Å². The number of ether oxygens (including phenoxy) is 1. The van der Waals surface area contributed by atoms with Gasteiger partial charge < -0.3 is 4.74 Å². The molecular weight excluding hydrogens is 399 g/mol. The van der Waals surface area contributed by atoms with Gasteiger partial charge in [0.15, 0.2) is 5.13 Å². The van der Waals surface area contributed by atoms with E-state index in [0.29, 0.717) is 28.0 Å². The largest absolute Gasteiger partial charge is 0.376 e. The third kappa shape index (κ3) is 4.09. The van der Waals surface area contributed by atoms with Crippen molar-refractivity contribution in [2.24, 2.45) is 0 Å². The van der Waals surface area contributed by atoms with Gasteiger partial charge in [-0.05, 0) is 42.7 Å². The van der Waals surface area contributed by atoms with Gasteiger partial charge in [-0.15, -0.1) is 0 Å². The Labute approximate surface area is 171 Å². The van der Waals surface area contributed by atoms with Gasteiger partial charge in [0.25, 0.3) is 5.91 Å². The van der Waals surface area contributed by atoms with Gasteiger partial charge in [0.1, 0.15) is 11.3 Å². The fourth-order valence-corrected chi connectivity index (χ4v) is 4.33. The average Bonchev–Trinajstić information content (AvgIpc) is 3.35. The number of aromatic nitrogens is 1. The Morgan fingerprint density at radius 3 is 2.93 bits per heavy atom. The summed E-state index contributed by atoms with van der Waals surface area (Å²) >= 11 is 7.46. The first-order valence-corrected chi connectivity index (χ1v) is 10.2. The van der Waals surface area contributed by atoms with E-state index in [0.717, 1.165) is 18.4 Å². The zero-order valence-electron chi connectivity index (χ0n) is 15.0. The second-order valence-electron chi connectivity index (χ2n) is 6.52. The summed E-state index contributed by atoms with van der Waals surface area (Å²) in [5, 5.41) is 1.03. The highest BCUT2D eigenvalue weighted by Crippen LogP contribution is 2.31. The molecule has 1 fully saturated rings. The third-order valence-corrected chi connectivity index (χ3v) is 5.96. The maximum absolute atomic E-state index is 14.1. The molecule has 28 heavy (non-hydrogen) atoms. The highest BCUT2D eigenvalue weighted by Gasteiger charge is 2.25. The van der Waals surface area contributed by atoms with E-state index in [1.54, 1.807) is 29.2 Å². The number of halogens is 2. The molecule has 1 aliphatic heterocycles. The van der Waals surface area contributed by atoms with E-state index in [4.69, 9.17) is 16.3 Å². The highest BCUT2D eigenvalue weighted by atomic mass is 35.5. The van der Waals surface area contributed by atoms with E-state index in [1.165, 1.54) is 23.5 Å². The maximum atomic E-state index is 14.1. The molecule has 0 spiro atoms. The minimum absolute atomic E-state index is 0.0467. The van der Waals surface area contributed by atoms with Crippen LogP contribution in [0.25, 0.3) is 16.3 Å². The first-order chi connectivity index (χ1) is 13.6. The molecule has 0 radical (unpaired) electrons. The van der Waals surface area contributed by atoms with Gasteiger partial charge in [-0.25, -0.2) is 9.37 Å². The van der Waals surface area contributed by atoms with Gasteiger partial charge in [-0.3, -0.25) is 9.69 Å². The molecule has 4 rings (SSSR count). The fraction of sp³-hybridized carbons (Fsp3) is 0.238. The minimum Gasteiger partial charge on any atom is -0.376 e. The SMILES string of the molecule is O=C(/C=C/c1ccccc1Cl)N(CC1CCCO1)c1nc2c(F)cccc2s1.